The van der Waals surface area contributed by atoms with Gasteiger partial charge in [0.15, 0.2) is 11.6 Å². The Morgan fingerprint density at radius 3 is 2.66 bits per heavy atom. The number of hydrogen-bond acceptors (Lipinski definition) is 4. The number of amides is 1. The molecule has 0 saturated heterocycles. The molecule has 216 valence electrons. The van der Waals surface area contributed by atoms with Gasteiger partial charge in [-0.1, -0.05) is 62.9 Å². The van der Waals surface area contributed by atoms with Crippen LogP contribution < -0.4 is 10.1 Å². The number of ether oxygens (including phenoxy) is 1. The van der Waals surface area contributed by atoms with Crippen LogP contribution in [0.15, 0.2) is 54.6 Å². The van der Waals surface area contributed by atoms with Crippen LogP contribution in [-0.2, 0) is 0 Å². The molecule has 0 radical (unpaired) electrons. The average molecular weight is 580 g/mol. The lowest BCUT2D eigenvalue weighted by Gasteiger charge is -2.31. The van der Waals surface area contributed by atoms with E-state index in [9.17, 15) is 19.1 Å². The second-order valence-corrected chi connectivity index (χ2v) is 10.6. The van der Waals surface area contributed by atoms with E-state index in [2.05, 4.69) is 28.8 Å². The molecule has 41 heavy (non-hydrogen) atoms. The van der Waals surface area contributed by atoms with Gasteiger partial charge in [-0.2, -0.15) is 0 Å². The standard InChI is InChI=1S/C32H35ClFN3O4/c1-4-9-26(20-10-6-5-7-11-20)37-31(38)21-13-14-22(24(16-21)32(39)40)19(2)23(12-8-15-33)30-35-27-17-25(34)29(41-3)18-28(27)36-30/h8,12-18,20,26H,2,4-7,9-11H2,1,3H3,(H,35,36)(H,37,38)(H,39,40)/b15-8-,23-12+. The summed E-state index contributed by atoms with van der Waals surface area (Å²) < 4.78 is 19.4. The van der Waals surface area contributed by atoms with Crippen LogP contribution in [0.5, 0.6) is 5.75 Å². The van der Waals surface area contributed by atoms with E-state index in [0.29, 0.717) is 39.5 Å². The number of aromatic amines is 1. The third kappa shape index (κ3) is 6.88. The third-order valence-corrected chi connectivity index (χ3v) is 7.79. The average Bonchev–Trinajstić information content (AvgIpc) is 3.38. The minimum absolute atomic E-state index is 0.0484. The van der Waals surface area contributed by atoms with Crippen molar-refractivity contribution in [2.24, 2.45) is 5.92 Å². The number of aromatic carboxylic acids is 1. The van der Waals surface area contributed by atoms with Gasteiger partial charge in [0, 0.05) is 34.8 Å². The molecular weight excluding hydrogens is 545 g/mol. The molecule has 0 bridgehead atoms. The normalized spacial score (nSPS) is 15.3. The molecule has 1 aliphatic rings. The first kappa shape index (κ1) is 30.1. The van der Waals surface area contributed by atoms with E-state index in [1.165, 1.54) is 50.1 Å². The number of hydrogen-bond donors (Lipinski definition) is 3. The summed E-state index contributed by atoms with van der Waals surface area (Å²) in [7, 11) is 1.37. The van der Waals surface area contributed by atoms with Crippen LogP contribution >= 0.6 is 11.6 Å². The Balaban J connectivity index is 1.67. The highest BCUT2D eigenvalue weighted by Gasteiger charge is 2.26. The number of carbonyl (C=O) groups excluding carboxylic acids is 1. The molecule has 1 amide bonds. The van der Waals surface area contributed by atoms with E-state index in [1.54, 1.807) is 24.3 Å². The van der Waals surface area contributed by atoms with Gasteiger partial charge in [0.05, 0.1) is 23.7 Å². The fourth-order valence-corrected chi connectivity index (χ4v) is 5.62. The van der Waals surface area contributed by atoms with Gasteiger partial charge < -0.3 is 20.1 Å². The molecule has 1 heterocycles. The predicted molar refractivity (Wildman–Crippen MR) is 161 cm³/mol. The van der Waals surface area contributed by atoms with Crippen LogP contribution in [0.2, 0.25) is 0 Å². The van der Waals surface area contributed by atoms with Crippen molar-refractivity contribution in [1.29, 1.82) is 0 Å². The van der Waals surface area contributed by atoms with Crippen LogP contribution in [-0.4, -0.2) is 40.1 Å². The molecule has 1 aliphatic carbocycles. The Hall–Kier alpha value is -3.91. The van der Waals surface area contributed by atoms with Crippen molar-refractivity contribution < 1.29 is 23.8 Å². The Kier molecular flexibility index (Phi) is 10.00. The summed E-state index contributed by atoms with van der Waals surface area (Å²) in [6, 6.07) is 7.38. The van der Waals surface area contributed by atoms with E-state index in [-0.39, 0.29) is 28.8 Å². The molecule has 0 spiro atoms. The summed E-state index contributed by atoms with van der Waals surface area (Å²) in [5.74, 6) is -1.22. The maximum absolute atomic E-state index is 14.3. The van der Waals surface area contributed by atoms with Crippen molar-refractivity contribution in [3.63, 3.8) is 0 Å². The Labute approximate surface area is 244 Å². The minimum atomic E-state index is -1.20. The Morgan fingerprint density at radius 2 is 2.00 bits per heavy atom. The SMILES string of the molecule is C=C(/C(=C\C=C/Cl)c1nc2cc(OC)c(F)cc2[nH]1)c1ccc(C(=O)NC(CCC)C2CCCCC2)cc1C(=O)O. The van der Waals surface area contributed by atoms with Crippen molar-refractivity contribution in [2.45, 2.75) is 57.9 Å². The molecule has 0 aliphatic heterocycles. The summed E-state index contributed by atoms with van der Waals surface area (Å²) in [6.45, 7) is 6.26. The van der Waals surface area contributed by atoms with Crippen molar-refractivity contribution in [2.75, 3.05) is 7.11 Å². The van der Waals surface area contributed by atoms with Gasteiger partial charge >= 0.3 is 5.97 Å². The smallest absolute Gasteiger partial charge is 0.336 e. The highest BCUT2D eigenvalue weighted by molar-refractivity contribution is 6.25. The first-order valence-corrected chi connectivity index (χ1v) is 14.3. The lowest BCUT2D eigenvalue weighted by molar-refractivity contribution is 0.0696. The first-order chi connectivity index (χ1) is 19.8. The van der Waals surface area contributed by atoms with Crippen molar-refractivity contribution >= 4 is 45.7 Å². The zero-order valence-electron chi connectivity index (χ0n) is 23.3. The largest absolute Gasteiger partial charge is 0.494 e. The van der Waals surface area contributed by atoms with Gasteiger partial charge in [0.1, 0.15) is 5.82 Å². The number of fused-ring (bicyclic) bond motifs is 1. The number of carboxylic acid groups (broad SMARTS) is 1. The van der Waals surface area contributed by atoms with E-state index in [1.807, 2.05) is 0 Å². The maximum atomic E-state index is 14.3. The van der Waals surface area contributed by atoms with Crippen molar-refractivity contribution in [1.82, 2.24) is 15.3 Å². The van der Waals surface area contributed by atoms with E-state index >= 15 is 0 Å². The maximum Gasteiger partial charge on any atom is 0.336 e. The molecule has 1 saturated carbocycles. The molecule has 7 nitrogen and oxygen atoms in total. The predicted octanol–water partition coefficient (Wildman–Crippen LogP) is 7.74. The second kappa shape index (κ2) is 13.6. The van der Waals surface area contributed by atoms with Gasteiger partial charge in [-0.15, -0.1) is 0 Å². The van der Waals surface area contributed by atoms with E-state index in [0.717, 1.165) is 25.7 Å². The number of carboxylic acids is 1. The topological polar surface area (TPSA) is 104 Å². The number of nitrogens with one attached hydrogen (secondary N) is 2. The number of imidazole rings is 1. The van der Waals surface area contributed by atoms with Crippen LogP contribution in [0.4, 0.5) is 4.39 Å². The summed E-state index contributed by atoms with van der Waals surface area (Å²) in [5, 5.41) is 13.3. The van der Waals surface area contributed by atoms with Gasteiger partial charge in [0.2, 0.25) is 0 Å². The first-order valence-electron chi connectivity index (χ1n) is 13.9. The van der Waals surface area contributed by atoms with E-state index in [4.69, 9.17) is 16.3 Å². The molecule has 1 fully saturated rings. The highest BCUT2D eigenvalue weighted by atomic mass is 35.5. The summed E-state index contributed by atoms with van der Waals surface area (Å²) in [6.07, 6.45) is 10.8. The quantitative estimate of drug-likeness (QED) is 0.202. The summed E-state index contributed by atoms with van der Waals surface area (Å²) >= 11 is 5.79. The molecule has 1 unspecified atom stereocenters. The molecule has 2 aromatic carbocycles. The fourth-order valence-electron chi connectivity index (χ4n) is 5.55. The lowest BCUT2D eigenvalue weighted by atomic mass is 9.82. The molecule has 3 N–H and O–H groups in total. The summed E-state index contributed by atoms with van der Waals surface area (Å²) in [4.78, 5) is 33.3. The zero-order valence-corrected chi connectivity index (χ0v) is 24.1. The molecule has 3 aromatic rings. The number of nitrogens with zero attached hydrogens (tertiary/aromatic N) is 1. The van der Waals surface area contributed by atoms with Gasteiger partial charge in [-0.25, -0.2) is 14.2 Å². The number of benzene rings is 2. The van der Waals surface area contributed by atoms with Crippen LogP contribution in [0, 0.1) is 11.7 Å². The van der Waals surface area contributed by atoms with Crippen LogP contribution in [0.3, 0.4) is 0 Å². The summed E-state index contributed by atoms with van der Waals surface area (Å²) in [5.41, 5.74) is 3.46. The molecule has 9 heteroatoms. The molecule has 4 rings (SSSR count). The van der Waals surface area contributed by atoms with Gasteiger partial charge in [0.25, 0.3) is 5.91 Å². The number of carbonyl (C=O) groups is 2. The second-order valence-electron chi connectivity index (χ2n) is 10.3. The third-order valence-electron chi connectivity index (χ3n) is 7.64. The Bertz CT molecular complexity index is 1500. The van der Waals surface area contributed by atoms with Gasteiger partial charge in [-0.05, 0) is 54.5 Å². The van der Waals surface area contributed by atoms with E-state index < -0.39 is 11.8 Å². The fraction of sp³-hybridized carbons (Fsp3) is 0.344. The zero-order chi connectivity index (χ0) is 29.5. The molecular formula is C32H35ClFN3O4. The number of methoxy groups -OCH3 is 1. The minimum Gasteiger partial charge on any atom is -0.494 e. The number of halogens is 2. The van der Waals surface area contributed by atoms with Crippen LogP contribution in [0.1, 0.15) is 84.0 Å². The molecule has 1 atom stereocenters. The van der Waals surface area contributed by atoms with Crippen molar-refractivity contribution in [3.8, 4) is 5.75 Å². The number of allylic oxidation sites excluding steroid dienone is 4. The molecule has 1 aromatic heterocycles. The van der Waals surface area contributed by atoms with Crippen LogP contribution in [0.25, 0.3) is 22.2 Å². The Morgan fingerprint density at radius 1 is 1.24 bits per heavy atom. The highest BCUT2D eigenvalue weighted by Crippen LogP contribution is 2.34. The lowest BCUT2D eigenvalue weighted by Crippen LogP contribution is -2.41. The monoisotopic (exact) mass is 579 g/mol. The number of aromatic nitrogens is 2. The van der Waals surface area contributed by atoms with Crippen molar-refractivity contribution in [3.05, 3.63) is 82.9 Å². The number of H-pyrrole nitrogens is 1. The number of rotatable bonds is 11. The van der Waals surface area contributed by atoms with Gasteiger partial charge in [-0.3, -0.25) is 4.79 Å².